The van der Waals surface area contributed by atoms with Crippen molar-refractivity contribution >= 4 is 5.71 Å². The molecule has 0 bridgehead atoms. The largest absolute Gasteiger partial charge is 0.496 e. The van der Waals surface area contributed by atoms with Gasteiger partial charge >= 0.3 is 0 Å². The van der Waals surface area contributed by atoms with Gasteiger partial charge in [0.1, 0.15) is 23.9 Å². The van der Waals surface area contributed by atoms with Gasteiger partial charge in [0.15, 0.2) is 0 Å². The molecule has 0 radical (unpaired) electrons. The molecule has 0 saturated heterocycles. The van der Waals surface area contributed by atoms with E-state index >= 15 is 0 Å². The van der Waals surface area contributed by atoms with E-state index in [1.54, 1.807) is 14.0 Å². The number of methoxy groups -OCH3 is 1. The molecule has 156 valence electrons. The van der Waals surface area contributed by atoms with E-state index in [1.165, 1.54) is 0 Å². The summed E-state index contributed by atoms with van der Waals surface area (Å²) < 4.78 is 17.0. The van der Waals surface area contributed by atoms with E-state index in [-0.39, 0.29) is 0 Å². The van der Waals surface area contributed by atoms with Crippen molar-refractivity contribution in [3.8, 4) is 28.4 Å². The van der Waals surface area contributed by atoms with Gasteiger partial charge in [-0.05, 0) is 60.4 Å². The monoisotopic (exact) mass is 403 g/mol. The number of benzene rings is 3. The molecular formula is C26H29NO3. The molecule has 0 heterocycles. The first-order valence-corrected chi connectivity index (χ1v) is 10.3. The van der Waals surface area contributed by atoms with Crippen molar-refractivity contribution in [3.05, 3.63) is 77.9 Å². The van der Waals surface area contributed by atoms with Gasteiger partial charge in [-0.1, -0.05) is 49.7 Å². The maximum absolute atomic E-state index is 7.89. The Morgan fingerprint density at radius 3 is 2.07 bits per heavy atom. The number of hydrogen-bond donors (Lipinski definition) is 1. The summed E-state index contributed by atoms with van der Waals surface area (Å²) in [5, 5.41) is 7.89. The average molecular weight is 404 g/mol. The number of nitrogens with one attached hydrogen (secondary N) is 1. The molecule has 0 aliphatic heterocycles. The molecule has 0 atom stereocenters. The second-order valence-electron chi connectivity index (χ2n) is 7.20. The quantitative estimate of drug-likeness (QED) is 0.310. The highest BCUT2D eigenvalue weighted by Gasteiger charge is 2.07. The molecule has 0 aliphatic rings. The number of rotatable bonds is 10. The topological polar surface area (TPSA) is 51.5 Å². The molecule has 0 fully saturated rings. The van der Waals surface area contributed by atoms with Crippen LogP contribution in [0.15, 0.2) is 66.7 Å². The predicted molar refractivity (Wildman–Crippen MR) is 122 cm³/mol. The van der Waals surface area contributed by atoms with Crippen molar-refractivity contribution in [1.82, 2.24) is 0 Å². The molecule has 0 saturated carbocycles. The van der Waals surface area contributed by atoms with Gasteiger partial charge in [0.05, 0.1) is 13.7 Å². The van der Waals surface area contributed by atoms with E-state index in [0.717, 1.165) is 53.2 Å². The SMILES string of the molecule is CCCCOc1ccc(-c2ccc(COc3ccc(OC)c(C(C)=N)c3)cc2)cc1. The van der Waals surface area contributed by atoms with Crippen molar-refractivity contribution in [1.29, 1.82) is 5.41 Å². The Hall–Kier alpha value is -3.27. The molecule has 0 amide bonds. The fourth-order valence-electron chi connectivity index (χ4n) is 3.11. The van der Waals surface area contributed by atoms with Crippen LogP contribution in [0.3, 0.4) is 0 Å². The van der Waals surface area contributed by atoms with E-state index in [0.29, 0.717) is 18.1 Å². The zero-order chi connectivity index (χ0) is 21.3. The molecule has 3 aromatic carbocycles. The maximum Gasteiger partial charge on any atom is 0.128 e. The first kappa shape index (κ1) is 21.4. The lowest BCUT2D eigenvalue weighted by Crippen LogP contribution is -2.00. The summed E-state index contributed by atoms with van der Waals surface area (Å²) in [6.45, 7) is 5.13. The molecule has 3 rings (SSSR count). The van der Waals surface area contributed by atoms with E-state index in [1.807, 2.05) is 30.3 Å². The Morgan fingerprint density at radius 1 is 0.833 bits per heavy atom. The minimum Gasteiger partial charge on any atom is -0.496 e. The Bertz CT molecular complexity index is 963. The van der Waals surface area contributed by atoms with Gasteiger partial charge in [0, 0.05) is 11.3 Å². The Labute approximate surface area is 178 Å². The summed E-state index contributed by atoms with van der Waals surface area (Å²) >= 11 is 0. The smallest absolute Gasteiger partial charge is 0.128 e. The standard InChI is InChI=1S/C26H29NO3/c1-4-5-16-29-23-12-10-22(11-13-23)21-8-6-20(7-9-21)18-30-24-14-15-26(28-3)25(17-24)19(2)27/h6-15,17,27H,4-5,16,18H2,1-3H3. The Balaban J connectivity index is 1.61. The highest BCUT2D eigenvalue weighted by molar-refractivity contribution is 5.99. The molecule has 0 aromatic heterocycles. The van der Waals surface area contributed by atoms with Crippen LogP contribution in [-0.4, -0.2) is 19.4 Å². The summed E-state index contributed by atoms with van der Waals surface area (Å²) in [5.41, 5.74) is 4.59. The van der Waals surface area contributed by atoms with Crippen molar-refractivity contribution in [3.63, 3.8) is 0 Å². The fraction of sp³-hybridized carbons (Fsp3) is 0.269. The van der Waals surface area contributed by atoms with Gasteiger partial charge in [-0.2, -0.15) is 0 Å². The molecule has 0 aliphatic carbocycles. The lowest BCUT2D eigenvalue weighted by atomic mass is 10.0. The minimum atomic E-state index is 0.448. The van der Waals surface area contributed by atoms with Gasteiger partial charge in [-0.3, -0.25) is 0 Å². The van der Waals surface area contributed by atoms with Crippen molar-refractivity contribution < 1.29 is 14.2 Å². The molecule has 4 heteroatoms. The fourth-order valence-corrected chi connectivity index (χ4v) is 3.11. The Kier molecular flexibility index (Phi) is 7.50. The second-order valence-corrected chi connectivity index (χ2v) is 7.20. The van der Waals surface area contributed by atoms with Crippen LogP contribution in [-0.2, 0) is 6.61 Å². The molecule has 3 aromatic rings. The van der Waals surface area contributed by atoms with E-state index < -0.39 is 0 Å². The summed E-state index contributed by atoms with van der Waals surface area (Å²) in [6, 6.07) is 22.1. The Morgan fingerprint density at radius 2 is 1.47 bits per heavy atom. The van der Waals surface area contributed by atoms with Gasteiger partial charge in [0.2, 0.25) is 0 Å². The van der Waals surface area contributed by atoms with Crippen LogP contribution in [0.1, 0.15) is 37.8 Å². The van der Waals surface area contributed by atoms with E-state index in [4.69, 9.17) is 19.6 Å². The molecule has 0 unspecified atom stereocenters. The minimum absolute atomic E-state index is 0.448. The van der Waals surface area contributed by atoms with Crippen LogP contribution >= 0.6 is 0 Å². The zero-order valence-electron chi connectivity index (χ0n) is 17.9. The van der Waals surface area contributed by atoms with Gasteiger partial charge in [-0.25, -0.2) is 0 Å². The third-order valence-corrected chi connectivity index (χ3v) is 4.89. The van der Waals surface area contributed by atoms with E-state index in [9.17, 15) is 0 Å². The van der Waals surface area contributed by atoms with Crippen LogP contribution in [0.5, 0.6) is 17.2 Å². The first-order valence-electron chi connectivity index (χ1n) is 10.3. The van der Waals surface area contributed by atoms with Gasteiger partial charge < -0.3 is 19.6 Å². The van der Waals surface area contributed by atoms with Crippen LogP contribution in [0.25, 0.3) is 11.1 Å². The lowest BCUT2D eigenvalue weighted by molar-refractivity contribution is 0.305. The molecular weight excluding hydrogens is 374 g/mol. The summed E-state index contributed by atoms with van der Waals surface area (Å²) in [7, 11) is 1.61. The van der Waals surface area contributed by atoms with Crippen molar-refractivity contribution in [2.45, 2.75) is 33.3 Å². The molecule has 0 spiro atoms. The van der Waals surface area contributed by atoms with Gasteiger partial charge in [0.25, 0.3) is 0 Å². The molecule has 1 N–H and O–H groups in total. The first-order chi connectivity index (χ1) is 14.6. The summed E-state index contributed by atoms with van der Waals surface area (Å²) in [6.07, 6.45) is 2.21. The average Bonchev–Trinajstić information content (AvgIpc) is 2.78. The third-order valence-electron chi connectivity index (χ3n) is 4.89. The lowest BCUT2D eigenvalue weighted by Gasteiger charge is -2.12. The van der Waals surface area contributed by atoms with Crippen molar-refractivity contribution in [2.75, 3.05) is 13.7 Å². The van der Waals surface area contributed by atoms with E-state index in [2.05, 4.69) is 43.3 Å². The van der Waals surface area contributed by atoms with Crippen molar-refractivity contribution in [2.24, 2.45) is 0 Å². The van der Waals surface area contributed by atoms with Crippen LogP contribution in [0, 0.1) is 5.41 Å². The molecule has 4 nitrogen and oxygen atoms in total. The summed E-state index contributed by atoms with van der Waals surface area (Å²) in [4.78, 5) is 0. The second kappa shape index (κ2) is 10.5. The van der Waals surface area contributed by atoms with Crippen LogP contribution in [0.4, 0.5) is 0 Å². The maximum atomic E-state index is 7.89. The van der Waals surface area contributed by atoms with Crippen LogP contribution in [0.2, 0.25) is 0 Å². The number of hydrogen-bond acceptors (Lipinski definition) is 4. The highest BCUT2D eigenvalue weighted by atomic mass is 16.5. The van der Waals surface area contributed by atoms with Gasteiger partial charge in [-0.15, -0.1) is 0 Å². The highest BCUT2D eigenvalue weighted by Crippen LogP contribution is 2.26. The predicted octanol–water partition coefficient (Wildman–Crippen LogP) is 6.51. The third kappa shape index (κ3) is 5.63. The molecule has 30 heavy (non-hydrogen) atoms. The normalized spacial score (nSPS) is 10.5. The number of ether oxygens (including phenoxy) is 3. The number of unbranched alkanes of at least 4 members (excludes halogenated alkanes) is 1. The summed E-state index contributed by atoms with van der Waals surface area (Å²) in [5.74, 6) is 2.32. The zero-order valence-corrected chi connectivity index (χ0v) is 17.9. The van der Waals surface area contributed by atoms with Crippen LogP contribution < -0.4 is 14.2 Å².